The quantitative estimate of drug-likeness (QED) is 0.218. The van der Waals surface area contributed by atoms with Gasteiger partial charge in [-0.25, -0.2) is 0 Å². The van der Waals surface area contributed by atoms with Crippen LogP contribution in [0, 0.1) is 6.92 Å². The molecule has 0 amide bonds. The van der Waals surface area contributed by atoms with Gasteiger partial charge in [-0.05, 0) is 76.7 Å². The first-order valence-corrected chi connectivity index (χ1v) is 15.1. The molecule has 44 heavy (non-hydrogen) atoms. The fourth-order valence-electron chi connectivity index (χ4n) is 6.53. The summed E-state index contributed by atoms with van der Waals surface area (Å²) in [7, 11) is 0. The largest absolute Gasteiger partial charge is 0.366 e. The average Bonchev–Trinajstić information content (AvgIpc) is 3.43. The molecule has 0 spiro atoms. The Morgan fingerprint density at radius 2 is 1.20 bits per heavy atom. The van der Waals surface area contributed by atoms with Crippen molar-refractivity contribution in [3.05, 3.63) is 174 Å². The maximum atomic E-state index is 4.16. The molecule has 7 aromatic rings. The van der Waals surface area contributed by atoms with E-state index in [1.807, 2.05) is 24.5 Å². The Morgan fingerprint density at radius 3 is 1.89 bits per heavy atom. The minimum Gasteiger partial charge on any atom is -0.366 e. The summed E-state index contributed by atoms with van der Waals surface area (Å²) in [5, 5.41) is 10.2. The maximum absolute atomic E-state index is 4.16. The summed E-state index contributed by atoms with van der Waals surface area (Å²) in [5.74, 6) is 0. The predicted octanol–water partition coefficient (Wildman–Crippen LogP) is 9.13. The van der Waals surface area contributed by atoms with Crippen LogP contribution in [0.15, 0.2) is 152 Å². The second kappa shape index (κ2) is 11.0. The molecule has 212 valence electrons. The van der Waals surface area contributed by atoms with Gasteiger partial charge < -0.3 is 9.88 Å². The lowest BCUT2D eigenvalue weighted by molar-refractivity contribution is 0.442. The van der Waals surface area contributed by atoms with Crippen LogP contribution < -0.4 is 10.6 Å². The Balaban J connectivity index is 1.19. The van der Waals surface area contributed by atoms with Crippen molar-refractivity contribution in [1.82, 2.24) is 20.2 Å². The van der Waals surface area contributed by atoms with E-state index in [9.17, 15) is 0 Å². The van der Waals surface area contributed by atoms with Crippen molar-refractivity contribution in [1.29, 1.82) is 0 Å². The molecule has 1 aliphatic rings. The van der Waals surface area contributed by atoms with Crippen LogP contribution in [0.1, 0.15) is 34.5 Å². The van der Waals surface area contributed by atoms with E-state index in [4.69, 9.17) is 0 Å². The molecule has 8 rings (SSSR count). The number of nitrogens with zero attached hydrogens (tertiary/aromatic N) is 2. The van der Waals surface area contributed by atoms with Crippen LogP contribution in [-0.2, 0) is 0 Å². The van der Waals surface area contributed by atoms with Gasteiger partial charge in [0.1, 0.15) is 6.17 Å². The monoisotopic (exact) mass is 568 g/mol. The molecule has 1 aliphatic heterocycles. The SMILES string of the molecule is Cc1cc(C2C=C(c3ccc(-c4ccncc4)cc3)NC(c3ccccc3)N2)ccc1-n1c2ccccc2c2ccccc21. The van der Waals surface area contributed by atoms with Crippen LogP contribution >= 0.6 is 0 Å². The molecule has 0 bridgehead atoms. The predicted molar refractivity (Wildman–Crippen MR) is 181 cm³/mol. The highest BCUT2D eigenvalue weighted by Crippen LogP contribution is 2.35. The molecule has 0 aliphatic carbocycles. The first-order valence-electron chi connectivity index (χ1n) is 15.1. The highest BCUT2D eigenvalue weighted by molar-refractivity contribution is 6.09. The molecule has 0 radical (unpaired) electrons. The summed E-state index contributed by atoms with van der Waals surface area (Å²) < 4.78 is 2.40. The molecule has 4 heteroatoms. The summed E-state index contributed by atoms with van der Waals surface area (Å²) in [6.07, 6.45) is 5.96. The smallest absolute Gasteiger partial charge is 0.104 e. The number of hydrogen-bond acceptors (Lipinski definition) is 3. The standard InChI is InChI=1S/C40H32N4/c1-27-25-32(19-20-37(27)44-38-13-7-5-11-33(38)34-12-6-8-14-39(34)44)36-26-35(42-40(43-36)31-9-3-2-4-10-31)30-17-15-28(16-18-30)29-21-23-41-24-22-29/h2-26,36,40,42-43H,1H3. The van der Waals surface area contributed by atoms with E-state index in [0.717, 1.165) is 16.8 Å². The zero-order valence-corrected chi connectivity index (χ0v) is 24.5. The van der Waals surface area contributed by atoms with Crippen LogP contribution in [0.3, 0.4) is 0 Å². The number of para-hydroxylation sites is 2. The van der Waals surface area contributed by atoms with Gasteiger partial charge in [0.05, 0.1) is 17.1 Å². The lowest BCUT2D eigenvalue weighted by atomic mass is 9.96. The molecule has 5 aromatic carbocycles. The molecule has 2 N–H and O–H groups in total. The molecule has 4 nitrogen and oxygen atoms in total. The lowest BCUT2D eigenvalue weighted by Gasteiger charge is -2.33. The van der Waals surface area contributed by atoms with Crippen molar-refractivity contribution in [3.8, 4) is 16.8 Å². The molecule has 2 atom stereocenters. The van der Waals surface area contributed by atoms with E-state index in [-0.39, 0.29) is 12.2 Å². The van der Waals surface area contributed by atoms with Crippen molar-refractivity contribution < 1.29 is 0 Å². The number of nitrogens with one attached hydrogen (secondary N) is 2. The third kappa shape index (κ3) is 4.66. The number of aryl methyl sites for hydroxylation is 1. The Morgan fingerprint density at radius 1 is 0.591 bits per heavy atom. The fraction of sp³-hybridized carbons (Fsp3) is 0.0750. The Kier molecular flexibility index (Phi) is 6.55. The number of hydrogen-bond donors (Lipinski definition) is 2. The number of fused-ring (bicyclic) bond motifs is 3. The van der Waals surface area contributed by atoms with Crippen LogP contribution in [-0.4, -0.2) is 9.55 Å². The zero-order valence-electron chi connectivity index (χ0n) is 24.5. The maximum Gasteiger partial charge on any atom is 0.104 e. The van der Waals surface area contributed by atoms with Gasteiger partial charge in [-0.1, -0.05) is 103 Å². The first-order chi connectivity index (χ1) is 21.7. The van der Waals surface area contributed by atoms with Crippen molar-refractivity contribution in [3.63, 3.8) is 0 Å². The summed E-state index contributed by atoms with van der Waals surface area (Å²) in [4.78, 5) is 4.16. The van der Waals surface area contributed by atoms with Crippen LogP contribution in [0.5, 0.6) is 0 Å². The number of aromatic nitrogens is 2. The van der Waals surface area contributed by atoms with Crippen LogP contribution in [0.25, 0.3) is 44.3 Å². The van der Waals surface area contributed by atoms with E-state index in [1.165, 1.54) is 49.7 Å². The topological polar surface area (TPSA) is 41.9 Å². The normalized spacial score (nSPS) is 16.5. The molecule has 0 fully saturated rings. The van der Waals surface area contributed by atoms with Crippen molar-refractivity contribution in [2.45, 2.75) is 19.1 Å². The number of benzene rings is 5. The minimum absolute atomic E-state index is 0.0293. The first kappa shape index (κ1) is 26.2. The molecular weight excluding hydrogens is 536 g/mol. The van der Waals surface area contributed by atoms with Gasteiger partial charge in [-0.2, -0.15) is 0 Å². The molecule has 0 saturated heterocycles. The molecular formula is C40H32N4. The molecule has 0 saturated carbocycles. The summed E-state index contributed by atoms with van der Waals surface area (Å²) in [5.41, 5.74) is 12.0. The highest BCUT2D eigenvalue weighted by atomic mass is 15.2. The van der Waals surface area contributed by atoms with E-state index in [1.54, 1.807) is 0 Å². The Bertz CT molecular complexity index is 2070. The van der Waals surface area contributed by atoms with Gasteiger partial charge in [0.25, 0.3) is 0 Å². The van der Waals surface area contributed by atoms with Crippen molar-refractivity contribution >= 4 is 27.5 Å². The van der Waals surface area contributed by atoms with Gasteiger partial charge in [0.2, 0.25) is 0 Å². The average molecular weight is 569 g/mol. The van der Waals surface area contributed by atoms with E-state index >= 15 is 0 Å². The zero-order chi connectivity index (χ0) is 29.5. The summed E-state index contributed by atoms with van der Waals surface area (Å²) in [6, 6.07) is 47.8. The van der Waals surface area contributed by atoms with Gasteiger partial charge in [-0.15, -0.1) is 0 Å². The number of rotatable bonds is 5. The summed E-state index contributed by atoms with van der Waals surface area (Å²) in [6.45, 7) is 2.22. The van der Waals surface area contributed by atoms with Gasteiger partial charge in [0.15, 0.2) is 0 Å². The van der Waals surface area contributed by atoms with Gasteiger partial charge >= 0.3 is 0 Å². The van der Waals surface area contributed by atoms with Crippen LogP contribution in [0.4, 0.5) is 0 Å². The Hall–Kier alpha value is -5.45. The molecule has 2 aromatic heterocycles. The van der Waals surface area contributed by atoms with Crippen molar-refractivity contribution in [2.75, 3.05) is 0 Å². The van der Waals surface area contributed by atoms with Crippen molar-refractivity contribution in [2.24, 2.45) is 0 Å². The van der Waals surface area contributed by atoms with E-state index in [0.29, 0.717) is 0 Å². The third-order valence-corrected chi connectivity index (χ3v) is 8.72. The third-order valence-electron chi connectivity index (χ3n) is 8.72. The molecule has 3 heterocycles. The second-order valence-electron chi connectivity index (χ2n) is 11.4. The highest BCUT2D eigenvalue weighted by Gasteiger charge is 2.25. The fourth-order valence-corrected chi connectivity index (χ4v) is 6.53. The van der Waals surface area contributed by atoms with Gasteiger partial charge in [-0.3, -0.25) is 10.3 Å². The summed E-state index contributed by atoms with van der Waals surface area (Å²) >= 11 is 0. The Labute approximate surface area is 257 Å². The second-order valence-corrected chi connectivity index (χ2v) is 11.4. The van der Waals surface area contributed by atoms with E-state index < -0.39 is 0 Å². The van der Waals surface area contributed by atoms with Crippen LogP contribution in [0.2, 0.25) is 0 Å². The van der Waals surface area contributed by atoms with Gasteiger partial charge in [0, 0.05) is 34.6 Å². The lowest BCUT2D eigenvalue weighted by Crippen LogP contribution is -2.39. The van der Waals surface area contributed by atoms with E-state index in [2.05, 4.69) is 155 Å². The number of pyridine rings is 1. The molecule has 2 unspecified atom stereocenters. The minimum atomic E-state index is -0.0293.